The summed E-state index contributed by atoms with van der Waals surface area (Å²) in [6, 6.07) is 6.08. The molecule has 1 saturated heterocycles. The van der Waals surface area contributed by atoms with Crippen LogP contribution in [0.4, 0.5) is 4.79 Å². The van der Waals surface area contributed by atoms with E-state index in [9.17, 15) is 9.59 Å². The molecule has 9 nitrogen and oxygen atoms in total. The van der Waals surface area contributed by atoms with E-state index >= 15 is 0 Å². The number of ether oxygens (including phenoxy) is 2. The number of hydrogen-bond acceptors (Lipinski definition) is 6. The molecule has 2 atom stereocenters. The van der Waals surface area contributed by atoms with Crippen molar-refractivity contribution in [1.29, 1.82) is 0 Å². The summed E-state index contributed by atoms with van der Waals surface area (Å²) < 4.78 is 10.9. The van der Waals surface area contributed by atoms with E-state index in [1.165, 1.54) is 5.56 Å². The molecule has 31 heavy (non-hydrogen) atoms. The lowest BCUT2D eigenvalue weighted by molar-refractivity contribution is -0.137. The fraction of sp³-hybridized carbons (Fsp3) is 0.591. The lowest BCUT2D eigenvalue weighted by Crippen LogP contribution is -2.46. The zero-order chi connectivity index (χ0) is 22.4. The SMILES string of the molecule is COc1ccc([C@@]23CCC(=NNC(=O)NCCCC(=O)O)C[C@@H]2N(C)CC3)cc1OC. The number of benzene rings is 1. The van der Waals surface area contributed by atoms with Crippen molar-refractivity contribution in [3.63, 3.8) is 0 Å². The first-order valence-electron chi connectivity index (χ1n) is 10.6. The summed E-state index contributed by atoms with van der Waals surface area (Å²) in [5.41, 5.74) is 4.80. The van der Waals surface area contributed by atoms with Crippen molar-refractivity contribution in [2.75, 3.05) is 34.4 Å². The molecule has 1 saturated carbocycles. The van der Waals surface area contributed by atoms with Crippen molar-refractivity contribution in [2.45, 2.75) is 50.0 Å². The number of rotatable bonds is 8. The Morgan fingerprint density at radius 2 is 2.03 bits per heavy atom. The fourth-order valence-electron chi connectivity index (χ4n) is 4.80. The molecular formula is C22H32N4O5. The Labute approximate surface area is 182 Å². The second-order valence-electron chi connectivity index (χ2n) is 8.22. The van der Waals surface area contributed by atoms with Gasteiger partial charge in [-0.3, -0.25) is 4.79 Å². The predicted octanol–water partition coefficient (Wildman–Crippen LogP) is 2.35. The van der Waals surface area contributed by atoms with Gasteiger partial charge in [-0.15, -0.1) is 0 Å². The minimum atomic E-state index is -0.872. The number of carbonyl (C=O) groups is 2. The first kappa shape index (κ1) is 22.9. The number of aliphatic carboxylic acids is 1. The highest BCUT2D eigenvalue weighted by Crippen LogP contribution is 2.49. The van der Waals surface area contributed by atoms with Crippen LogP contribution in [0.1, 0.15) is 44.1 Å². The van der Waals surface area contributed by atoms with E-state index in [-0.39, 0.29) is 11.8 Å². The molecule has 1 aromatic rings. The van der Waals surface area contributed by atoms with Crippen LogP contribution in [0, 0.1) is 0 Å². The summed E-state index contributed by atoms with van der Waals surface area (Å²) in [6.07, 6.45) is 4.01. The summed E-state index contributed by atoms with van der Waals surface area (Å²) in [5, 5.41) is 15.6. The standard InChI is InChI=1S/C22H32N4O5/c1-26-12-10-22(15-6-7-17(30-2)18(13-15)31-3)9-8-16(14-19(22)26)24-25-21(29)23-11-4-5-20(27)28/h6-7,13,19H,4-5,8-12,14H2,1-3H3,(H,27,28)(H2,23,25,29)/t19-,22-/m0/s1. The molecule has 1 aromatic carbocycles. The van der Waals surface area contributed by atoms with Gasteiger partial charge in [0.15, 0.2) is 11.5 Å². The Kier molecular flexibility index (Phi) is 7.37. The monoisotopic (exact) mass is 432 g/mol. The van der Waals surface area contributed by atoms with E-state index in [0.717, 1.165) is 49.4 Å². The minimum absolute atomic E-state index is 0.0203. The third-order valence-electron chi connectivity index (χ3n) is 6.50. The smallest absolute Gasteiger partial charge is 0.335 e. The molecule has 3 rings (SSSR count). The van der Waals surface area contributed by atoms with Gasteiger partial charge in [-0.2, -0.15) is 5.10 Å². The number of amides is 2. The molecule has 170 valence electrons. The van der Waals surface area contributed by atoms with Gasteiger partial charge in [0.05, 0.1) is 14.2 Å². The minimum Gasteiger partial charge on any atom is -0.493 e. The fourth-order valence-corrected chi connectivity index (χ4v) is 4.80. The second-order valence-corrected chi connectivity index (χ2v) is 8.22. The van der Waals surface area contributed by atoms with Crippen molar-refractivity contribution < 1.29 is 24.2 Å². The molecular weight excluding hydrogens is 400 g/mol. The van der Waals surface area contributed by atoms with Gasteiger partial charge < -0.3 is 24.8 Å². The summed E-state index contributed by atoms with van der Waals surface area (Å²) in [6.45, 7) is 1.31. The molecule has 0 aromatic heterocycles. The highest BCUT2D eigenvalue weighted by atomic mass is 16.5. The Hall–Kier alpha value is -2.81. The van der Waals surface area contributed by atoms with Crippen LogP contribution in [-0.2, 0) is 10.2 Å². The van der Waals surface area contributed by atoms with Gasteiger partial charge in [-0.25, -0.2) is 10.2 Å². The van der Waals surface area contributed by atoms with Crippen LogP contribution < -0.4 is 20.2 Å². The maximum Gasteiger partial charge on any atom is 0.335 e. The van der Waals surface area contributed by atoms with Crippen LogP contribution in [0.5, 0.6) is 11.5 Å². The van der Waals surface area contributed by atoms with E-state index in [0.29, 0.717) is 19.0 Å². The molecule has 0 radical (unpaired) electrons. The van der Waals surface area contributed by atoms with Crippen molar-refractivity contribution >= 4 is 17.7 Å². The number of urea groups is 1. The van der Waals surface area contributed by atoms with Crippen LogP contribution in [0.25, 0.3) is 0 Å². The summed E-state index contributed by atoms with van der Waals surface area (Å²) >= 11 is 0. The number of fused-ring (bicyclic) bond motifs is 1. The normalized spacial score (nSPS) is 24.5. The Morgan fingerprint density at radius 1 is 1.26 bits per heavy atom. The number of carboxylic acids is 1. The number of carbonyl (C=O) groups excluding carboxylic acids is 1. The van der Waals surface area contributed by atoms with E-state index in [1.54, 1.807) is 14.2 Å². The number of likely N-dealkylation sites (N-methyl/N-ethyl adjacent to an activating group) is 1. The van der Waals surface area contributed by atoms with E-state index < -0.39 is 12.0 Å². The van der Waals surface area contributed by atoms with Gasteiger partial charge in [-0.1, -0.05) is 6.07 Å². The molecule has 1 heterocycles. The zero-order valence-corrected chi connectivity index (χ0v) is 18.4. The first-order valence-corrected chi connectivity index (χ1v) is 10.6. The van der Waals surface area contributed by atoms with Crippen molar-refractivity contribution in [3.8, 4) is 11.5 Å². The highest BCUT2D eigenvalue weighted by molar-refractivity contribution is 5.88. The number of hydrogen-bond donors (Lipinski definition) is 3. The Bertz CT molecular complexity index is 843. The van der Waals surface area contributed by atoms with Crippen LogP contribution in [0.2, 0.25) is 0 Å². The number of carboxylic acid groups (broad SMARTS) is 1. The number of likely N-dealkylation sites (tertiary alicyclic amines) is 1. The maximum absolute atomic E-state index is 11.9. The number of nitrogens with one attached hydrogen (secondary N) is 2. The van der Waals surface area contributed by atoms with E-state index in [2.05, 4.69) is 39.9 Å². The van der Waals surface area contributed by atoms with Crippen LogP contribution in [-0.4, -0.2) is 68.1 Å². The number of nitrogens with zero attached hydrogens (tertiary/aromatic N) is 2. The maximum atomic E-state index is 11.9. The Balaban J connectivity index is 1.66. The summed E-state index contributed by atoms with van der Waals surface area (Å²) in [5.74, 6) is 0.592. The second kappa shape index (κ2) is 10.00. The van der Waals surface area contributed by atoms with Gasteiger partial charge >= 0.3 is 12.0 Å². The molecule has 0 unspecified atom stereocenters. The lowest BCUT2D eigenvalue weighted by Gasteiger charge is -2.42. The largest absolute Gasteiger partial charge is 0.493 e. The predicted molar refractivity (Wildman–Crippen MR) is 117 cm³/mol. The van der Waals surface area contributed by atoms with Gasteiger partial charge in [0.25, 0.3) is 0 Å². The average molecular weight is 433 g/mol. The average Bonchev–Trinajstić information content (AvgIpc) is 3.11. The topological polar surface area (TPSA) is 112 Å². The third kappa shape index (κ3) is 5.10. The van der Waals surface area contributed by atoms with Gasteiger partial charge in [0, 0.05) is 36.6 Å². The molecule has 9 heteroatoms. The summed E-state index contributed by atoms with van der Waals surface area (Å²) in [7, 11) is 5.43. The van der Waals surface area contributed by atoms with Crippen molar-refractivity contribution in [3.05, 3.63) is 23.8 Å². The first-order chi connectivity index (χ1) is 14.9. The summed E-state index contributed by atoms with van der Waals surface area (Å²) in [4.78, 5) is 24.8. The van der Waals surface area contributed by atoms with E-state index in [4.69, 9.17) is 14.6 Å². The highest BCUT2D eigenvalue weighted by Gasteiger charge is 2.49. The lowest BCUT2D eigenvalue weighted by atomic mass is 9.65. The zero-order valence-electron chi connectivity index (χ0n) is 18.4. The van der Waals surface area contributed by atoms with Gasteiger partial charge in [0.1, 0.15) is 0 Å². The molecule has 2 fully saturated rings. The number of methoxy groups -OCH3 is 2. The van der Waals surface area contributed by atoms with Gasteiger partial charge in [-0.05, 0) is 57.0 Å². The molecule has 1 aliphatic heterocycles. The van der Waals surface area contributed by atoms with E-state index in [1.807, 2.05) is 6.07 Å². The Morgan fingerprint density at radius 3 is 2.74 bits per heavy atom. The third-order valence-corrected chi connectivity index (χ3v) is 6.50. The molecule has 3 N–H and O–H groups in total. The van der Waals surface area contributed by atoms with Crippen LogP contribution in [0.15, 0.2) is 23.3 Å². The molecule has 1 aliphatic carbocycles. The molecule has 0 spiro atoms. The molecule has 2 amide bonds. The molecule has 2 aliphatic rings. The number of hydrazone groups is 1. The van der Waals surface area contributed by atoms with Gasteiger partial charge in [0.2, 0.25) is 0 Å². The van der Waals surface area contributed by atoms with Crippen LogP contribution >= 0.6 is 0 Å². The van der Waals surface area contributed by atoms with Crippen molar-refractivity contribution in [2.24, 2.45) is 5.10 Å². The van der Waals surface area contributed by atoms with Crippen molar-refractivity contribution in [1.82, 2.24) is 15.6 Å². The molecule has 0 bridgehead atoms. The van der Waals surface area contributed by atoms with Crippen LogP contribution in [0.3, 0.4) is 0 Å². The quantitative estimate of drug-likeness (QED) is 0.429.